The molecule has 98 valence electrons. The van der Waals surface area contributed by atoms with E-state index in [4.69, 9.17) is 0 Å². The third-order valence-electron chi connectivity index (χ3n) is 3.21. The summed E-state index contributed by atoms with van der Waals surface area (Å²) in [5.74, 6) is 0. The number of hydrogen-bond donors (Lipinski definition) is 1. The lowest BCUT2D eigenvalue weighted by atomic mass is 10.1. The van der Waals surface area contributed by atoms with Crippen molar-refractivity contribution < 1.29 is 0 Å². The van der Waals surface area contributed by atoms with Gasteiger partial charge in [0.1, 0.15) is 0 Å². The van der Waals surface area contributed by atoms with Crippen molar-refractivity contribution in [3.8, 4) is 0 Å². The van der Waals surface area contributed by atoms with Crippen LogP contribution in [0.25, 0.3) is 10.9 Å². The van der Waals surface area contributed by atoms with Crippen molar-refractivity contribution in [2.75, 3.05) is 27.2 Å². The number of fused-ring (bicyclic) bond motifs is 1. The van der Waals surface area contributed by atoms with Crippen molar-refractivity contribution in [3.05, 3.63) is 36.0 Å². The molecule has 0 saturated heterocycles. The van der Waals surface area contributed by atoms with Gasteiger partial charge in [-0.2, -0.15) is 0 Å². The van der Waals surface area contributed by atoms with Gasteiger partial charge in [-0.05, 0) is 43.7 Å². The molecule has 2 aromatic rings. The monoisotopic (exact) mass is 245 g/mol. The van der Waals surface area contributed by atoms with Crippen LogP contribution in [0.2, 0.25) is 0 Å². The molecule has 3 nitrogen and oxygen atoms in total. The normalized spacial score (nSPS) is 11.6. The fourth-order valence-corrected chi connectivity index (χ4v) is 2.11. The highest BCUT2D eigenvalue weighted by Gasteiger charge is 2.02. The number of hydrogen-bond acceptors (Lipinski definition) is 2. The van der Waals surface area contributed by atoms with Crippen LogP contribution in [-0.2, 0) is 13.1 Å². The lowest BCUT2D eigenvalue weighted by Crippen LogP contribution is -2.18. The highest BCUT2D eigenvalue weighted by Crippen LogP contribution is 2.17. The number of rotatable bonds is 6. The van der Waals surface area contributed by atoms with Gasteiger partial charge in [-0.3, -0.25) is 0 Å². The second-order valence-corrected chi connectivity index (χ2v) is 4.99. The summed E-state index contributed by atoms with van der Waals surface area (Å²) >= 11 is 0. The summed E-state index contributed by atoms with van der Waals surface area (Å²) in [4.78, 5) is 2.22. The Morgan fingerprint density at radius 1 is 1.22 bits per heavy atom. The quantitative estimate of drug-likeness (QED) is 0.843. The molecule has 0 fully saturated rings. The molecule has 0 amide bonds. The Morgan fingerprint density at radius 3 is 2.78 bits per heavy atom. The van der Waals surface area contributed by atoms with E-state index in [1.807, 2.05) is 0 Å². The molecule has 1 heterocycles. The van der Waals surface area contributed by atoms with E-state index in [-0.39, 0.29) is 0 Å². The van der Waals surface area contributed by atoms with Crippen LogP contribution in [0.3, 0.4) is 0 Å². The maximum absolute atomic E-state index is 3.37. The number of benzene rings is 1. The Morgan fingerprint density at radius 2 is 2.06 bits per heavy atom. The van der Waals surface area contributed by atoms with Crippen LogP contribution >= 0.6 is 0 Å². The second-order valence-electron chi connectivity index (χ2n) is 4.99. The minimum absolute atomic E-state index is 0.950. The molecule has 2 rings (SSSR count). The molecule has 1 N–H and O–H groups in total. The predicted octanol–water partition coefficient (Wildman–Crippen LogP) is 2.31. The summed E-state index contributed by atoms with van der Waals surface area (Å²) in [6.07, 6.45) is 2.19. The third kappa shape index (κ3) is 3.12. The van der Waals surface area contributed by atoms with E-state index in [1.54, 1.807) is 0 Å². The Hall–Kier alpha value is -1.32. The van der Waals surface area contributed by atoms with E-state index in [1.165, 1.54) is 16.5 Å². The molecule has 0 aliphatic heterocycles. The van der Waals surface area contributed by atoms with Crippen LogP contribution in [0.4, 0.5) is 0 Å². The maximum Gasteiger partial charge on any atom is 0.0483 e. The van der Waals surface area contributed by atoms with Crippen LogP contribution in [0.5, 0.6) is 0 Å². The first kappa shape index (κ1) is 13.1. The Bertz CT molecular complexity index is 499. The lowest BCUT2D eigenvalue weighted by Gasteiger charge is -2.11. The summed E-state index contributed by atoms with van der Waals surface area (Å²) in [6, 6.07) is 8.92. The first-order valence-electron chi connectivity index (χ1n) is 6.64. The smallest absolute Gasteiger partial charge is 0.0483 e. The summed E-state index contributed by atoms with van der Waals surface area (Å²) in [5, 5.41) is 4.70. The molecule has 3 heteroatoms. The minimum atomic E-state index is 0.950. The van der Waals surface area contributed by atoms with E-state index < -0.39 is 0 Å². The van der Waals surface area contributed by atoms with Gasteiger partial charge in [-0.1, -0.05) is 19.1 Å². The van der Waals surface area contributed by atoms with Crippen LogP contribution in [0.15, 0.2) is 30.5 Å². The average molecular weight is 245 g/mol. The van der Waals surface area contributed by atoms with Gasteiger partial charge >= 0.3 is 0 Å². The molecule has 1 aromatic heterocycles. The van der Waals surface area contributed by atoms with Crippen molar-refractivity contribution in [3.63, 3.8) is 0 Å². The van der Waals surface area contributed by atoms with E-state index in [0.29, 0.717) is 0 Å². The highest BCUT2D eigenvalue weighted by molar-refractivity contribution is 5.80. The van der Waals surface area contributed by atoms with Crippen molar-refractivity contribution in [1.29, 1.82) is 0 Å². The van der Waals surface area contributed by atoms with Gasteiger partial charge in [-0.25, -0.2) is 0 Å². The first-order valence-corrected chi connectivity index (χ1v) is 6.64. The molecule has 0 aliphatic carbocycles. The third-order valence-corrected chi connectivity index (χ3v) is 3.21. The topological polar surface area (TPSA) is 20.2 Å². The van der Waals surface area contributed by atoms with E-state index >= 15 is 0 Å². The standard InChI is InChI=1S/C15H23N3/c1-4-16-12-13-5-6-14-7-8-18(15(14)11-13)10-9-17(2)3/h5-8,11,16H,4,9-10,12H2,1-3H3. The number of likely N-dealkylation sites (N-methyl/N-ethyl adjacent to an activating group) is 1. The molecule has 0 unspecified atom stereocenters. The molecule has 18 heavy (non-hydrogen) atoms. The Labute approximate surface area is 109 Å². The molecule has 0 aliphatic rings. The predicted molar refractivity (Wildman–Crippen MR) is 77.9 cm³/mol. The average Bonchev–Trinajstić information content (AvgIpc) is 2.76. The molecule has 1 aromatic carbocycles. The van der Waals surface area contributed by atoms with E-state index in [0.717, 1.165) is 26.2 Å². The molecule has 0 spiro atoms. The van der Waals surface area contributed by atoms with Gasteiger partial charge in [0.25, 0.3) is 0 Å². The van der Waals surface area contributed by atoms with Crippen molar-refractivity contribution in [2.45, 2.75) is 20.0 Å². The van der Waals surface area contributed by atoms with Crippen LogP contribution < -0.4 is 5.32 Å². The number of nitrogens with one attached hydrogen (secondary N) is 1. The number of aromatic nitrogens is 1. The van der Waals surface area contributed by atoms with Crippen molar-refractivity contribution in [1.82, 2.24) is 14.8 Å². The summed E-state index contributed by atoms with van der Waals surface area (Å²) in [5.41, 5.74) is 2.70. The Balaban J connectivity index is 2.20. The molecule has 0 radical (unpaired) electrons. The fourth-order valence-electron chi connectivity index (χ4n) is 2.11. The fraction of sp³-hybridized carbons (Fsp3) is 0.467. The largest absolute Gasteiger partial charge is 0.346 e. The molecular formula is C15H23N3. The molecular weight excluding hydrogens is 222 g/mol. The molecule has 0 atom stereocenters. The van der Waals surface area contributed by atoms with E-state index in [9.17, 15) is 0 Å². The van der Waals surface area contributed by atoms with Crippen molar-refractivity contribution in [2.24, 2.45) is 0 Å². The molecule has 0 bridgehead atoms. The van der Waals surface area contributed by atoms with Gasteiger partial charge in [0.15, 0.2) is 0 Å². The van der Waals surface area contributed by atoms with Gasteiger partial charge in [0.2, 0.25) is 0 Å². The maximum atomic E-state index is 3.37. The van der Waals surface area contributed by atoms with Crippen LogP contribution in [0.1, 0.15) is 12.5 Å². The molecule has 0 saturated carbocycles. The minimum Gasteiger partial charge on any atom is -0.346 e. The van der Waals surface area contributed by atoms with Gasteiger partial charge in [0.05, 0.1) is 0 Å². The SMILES string of the molecule is CCNCc1ccc2ccn(CCN(C)C)c2c1. The zero-order chi connectivity index (χ0) is 13.0. The number of nitrogens with zero attached hydrogens (tertiary/aromatic N) is 2. The highest BCUT2D eigenvalue weighted by atomic mass is 15.1. The lowest BCUT2D eigenvalue weighted by molar-refractivity contribution is 0.387. The van der Waals surface area contributed by atoms with Crippen LogP contribution in [-0.4, -0.2) is 36.7 Å². The van der Waals surface area contributed by atoms with Crippen LogP contribution in [0, 0.1) is 0 Å². The zero-order valence-electron chi connectivity index (χ0n) is 11.6. The van der Waals surface area contributed by atoms with Gasteiger partial charge in [0, 0.05) is 31.3 Å². The second kappa shape index (κ2) is 6.03. The zero-order valence-corrected chi connectivity index (χ0v) is 11.6. The first-order chi connectivity index (χ1) is 8.70. The van der Waals surface area contributed by atoms with Crippen molar-refractivity contribution >= 4 is 10.9 Å². The Kier molecular flexibility index (Phi) is 4.39. The van der Waals surface area contributed by atoms with Gasteiger partial charge < -0.3 is 14.8 Å². The van der Waals surface area contributed by atoms with Gasteiger partial charge in [-0.15, -0.1) is 0 Å². The summed E-state index contributed by atoms with van der Waals surface area (Å²) in [7, 11) is 4.23. The summed E-state index contributed by atoms with van der Waals surface area (Å²) in [6.45, 7) is 6.21. The summed E-state index contributed by atoms with van der Waals surface area (Å²) < 4.78 is 2.34. The van der Waals surface area contributed by atoms with E-state index in [2.05, 4.69) is 66.3 Å².